The van der Waals surface area contributed by atoms with Crippen molar-refractivity contribution in [3.05, 3.63) is 58.4 Å². The lowest BCUT2D eigenvalue weighted by Gasteiger charge is -2.28. The summed E-state index contributed by atoms with van der Waals surface area (Å²) in [5.41, 5.74) is 5.61. The minimum absolute atomic E-state index is 0.0978. The molecule has 15 heteroatoms. The lowest BCUT2D eigenvalue weighted by Crippen LogP contribution is -2.38. The molecule has 0 aliphatic heterocycles. The topological polar surface area (TPSA) is 166 Å². The van der Waals surface area contributed by atoms with Crippen LogP contribution >= 0.6 is 0 Å². The van der Waals surface area contributed by atoms with Crippen LogP contribution in [0.25, 0.3) is 0 Å². The van der Waals surface area contributed by atoms with E-state index in [0.717, 1.165) is 50.6 Å². The zero-order valence-corrected chi connectivity index (χ0v) is 30.5. The highest BCUT2D eigenvalue weighted by molar-refractivity contribution is 7.90. The molecule has 47 heavy (non-hydrogen) atoms. The predicted octanol–water partition coefficient (Wildman–Crippen LogP) is 2.03. The molecule has 260 valence electrons. The Balaban J connectivity index is 0.000000264. The van der Waals surface area contributed by atoms with Gasteiger partial charge in [0.2, 0.25) is 5.91 Å². The number of rotatable bonds is 11. The number of carbonyl (C=O) groups excluding carboxylic acids is 1. The second kappa shape index (κ2) is 13.8. The van der Waals surface area contributed by atoms with Gasteiger partial charge in [0.25, 0.3) is 20.0 Å². The highest BCUT2D eigenvalue weighted by Crippen LogP contribution is 2.35. The first-order chi connectivity index (χ1) is 21.7. The first kappa shape index (κ1) is 36.7. The number of nitrogens with zero attached hydrogens (tertiary/aromatic N) is 6. The lowest BCUT2D eigenvalue weighted by molar-refractivity contribution is -0.118. The fraction of sp³-hybridized carbons (Fsp3) is 0.594. The average molecular weight is 691 g/mol. The van der Waals surface area contributed by atoms with Crippen LogP contribution < -0.4 is 9.86 Å². The van der Waals surface area contributed by atoms with Crippen LogP contribution in [0.3, 0.4) is 0 Å². The molecule has 0 saturated heterocycles. The van der Waals surface area contributed by atoms with Gasteiger partial charge >= 0.3 is 0 Å². The number of fused-ring (bicyclic) bond motifs is 2. The SMILES string of the molecule is CN(C)CC(C)(C)n1ccc(S(=O)(=O)NC(=O)Cc2c3c(cc4c2CCC4)CCC3)n1.CN(C)CC(C)(C)n1ccc(S(N)(=O)=O)n1. The van der Waals surface area contributed by atoms with Crippen molar-refractivity contribution in [2.75, 3.05) is 41.3 Å². The number of sulfonamides is 2. The van der Waals surface area contributed by atoms with Gasteiger partial charge in [-0.3, -0.25) is 14.2 Å². The number of hydrogen-bond donors (Lipinski definition) is 2. The molecule has 0 atom stereocenters. The highest BCUT2D eigenvalue weighted by Gasteiger charge is 2.29. The van der Waals surface area contributed by atoms with Gasteiger partial charge in [-0.05, 0) is 134 Å². The van der Waals surface area contributed by atoms with E-state index in [4.69, 9.17) is 5.14 Å². The summed E-state index contributed by atoms with van der Waals surface area (Å²) in [7, 11) is 0.0805. The van der Waals surface area contributed by atoms with Crippen LogP contribution in [-0.4, -0.2) is 93.4 Å². The molecule has 5 rings (SSSR count). The van der Waals surface area contributed by atoms with Crippen LogP contribution in [0.5, 0.6) is 0 Å². The van der Waals surface area contributed by atoms with Crippen molar-refractivity contribution in [1.29, 1.82) is 0 Å². The second-order valence-electron chi connectivity index (χ2n) is 14.4. The summed E-state index contributed by atoms with van der Waals surface area (Å²) in [4.78, 5) is 16.9. The standard InChI is InChI=1S/C23H32N4O3S.C9H18N4O2S/c1-23(2,15-26(3)4)27-12-11-22(24-27)31(29,30)25-21(28)14-20-18-9-5-7-16(18)13-17-8-6-10-19(17)20;1-9(2,7-12(3)4)13-6-5-8(11-13)16(10,14)15/h11-13H,5-10,14-15H2,1-4H3,(H,25,28);5-6H,7H2,1-4H3,(H2,10,14,15). The summed E-state index contributed by atoms with van der Waals surface area (Å²) in [6, 6.07) is 5.17. The third kappa shape index (κ3) is 8.87. The van der Waals surface area contributed by atoms with Gasteiger partial charge in [-0.1, -0.05) is 6.07 Å². The van der Waals surface area contributed by atoms with E-state index in [1.54, 1.807) is 21.8 Å². The first-order valence-corrected chi connectivity index (χ1v) is 18.9. The number of aromatic nitrogens is 4. The van der Waals surface area contributed by atoms with Crippen LogP contribution in [0, 0.1) is 0 Å². The molecule has 0 spiro atoms. The third-order valence-corrected chi connectivity index (χ3v) is 10.6. The monoisotopic (exact) mass is 690 g/mol. The number of benzene rings is 1. The number of likely N-dealkylation sites (N-methyl/N-ethyl adjacent to an activating group) is 2. The van der Waals surface area contributed by atoms with E-state index in [9.17, 15) is 21.6 Å². The summed E-state index contributed by atoms with van der Waals surface area (Å²) in [5, 5.41) is 13.0. The average Bonchev–Trinajstić information content (AvgIpc) is 3.73. The van der Waals surface area contributed by atoms with Crippen LogP contribution in [0.15, 0.2) is 40.6 Å². The molecule has 2 aromatic heterocycles. The van der Waals surface area contributed by atoms with Crippen LogP contribution in [0.4, 0.5) is 0 Å². The van der Waals surface area contributed by atoms with E-state index >= 15 is 0 Å². The van der Waals surface area contributed by atoms with Gasteiger partial charge < -0.3 is 9.80 Å². The molecule has 1 amide bonds. The molecule has 0 radical (unpaired) electrons. The Morgan fingerprint density at radius 2 is 1.26 bits per heavy atom. The van der Waals surface area contributed by atoms with Crippen molar-refractivity contribution in [2.45, 2.75) is 93.8 Å². The Labute approximate surface area is 279 Å². The molecule has 0 unspecified atom stereocenters. The number of amides is 1. The van der Waals surface area contributed by atoms with E-state index in [2.05, 4.69) is 21.0 Å². The molecular weight excluding hydrogens is 641 g/mol. The zero-order chi connectivity index (χ0) is 34.9. The molecule has 13 nitrogen and oxygen atoms in total. The van der Waals surface area contributed by atoms with Crippen LogP contribution in [0.2, 0.25) is 0 Å². The van der Waals surface area contributed by atoms with E-state index in [1.807, 2.05) is 65.7 Å². The summed E-state index contributed by atoms with van der Waals surface area (Å²) in [6.45, 7) is 9.39. The van der Waals surface area contributed by atoms with E-state index < -0.39 is 26.0 Å². The molecule has 3 aromatic rings. The Morgan fingerprint density at radius 1 is 0.809 bits per heavy atom. The van der Waals surface area contributed by atoms with Crippen molar-refractivity contribution in [3.63, 3.8) is 0 Å². The van der Waals surface area contributed by atoms with Gasteiger partial charge in [0.15, 0.2) is 10.1 Å². The van der Waals surface area contributed by atoms with E-state index in [1.165, 1.54) is 34.4 Å². The van der Waals surface area contributed by atoms with Gasteiger partial charge in [0.05, 0.1) is 17.5 Å². The Morgan fingerprint density at radius 3 is 1.68 bits per heavy atom. The Kier molecular flexibility index (Phi) is 10.8. The maximum Gasteiger partial charge on any atom is 0.283 e. The number of aryl methyl sites for hydroxylation is 2. The molecule has 0 bridgehead atoms. The van der Waals surface area contributed by atoms with Gasteiger partial charge in [0, 0.05) is 25.5 Å². The van der Waals surface area contributed by atoms with Crippen molar-refractivity contribution in [1.82, 2.24) is 34.1 Å². The normalized spacial score (nSPS) is 15.0. The van der Waals surface area contributed by atoms with Gasteiger partial charge in [-0.2, -0.15) is 18.6 Å². The quantitative estimate of drug-likeness (QED) is 0.306. The molecule has 1 aromatic carbocycles. The second-order valence-corrected chi connectivity index (χ2v) is 17.5. The van der Waals surface area contributed by atoms with Gasteiger partial charge in [-0.25, -0.2) is 18.3 Å². The number of nitrogens with two attached hydrogens (primary N) is 1. The summed E-state index contributed by atoms with van der Waals surface area (Å²) in [5.74, 6) is -0.489. The molecule has 3 N–H and O–H groups in total. The minimum Gasteiger partial charge on any atom is -0.307 e. The highest BCUT2D eigenvalue weighted by atomic mass is 32.2. The maximum atomic E-state index is 12.8. The minimum atomic E-state index is -4.02. The van der Waals surface area contributed by atoms with Crippen molar-refractivity contribution in [3.8, 4) is 0 Å². The van der Waals surface area contributed by atoms with Crippen molar-refractivity contribution in [2.24, 2.45) is 5.14 Å². The molecule has 2 aliphatic carbocycles. The van der Waals surface area contributed by atoms with Crippen LogP contribution in [-0.2, 0) is 68.0 Å². The molecule has 2 heterocycles. The fourth-order valence-corrected chi connectivity index (χ4v) is 8.19. The number of carbonyl (C=O) groups is 1. The summed E-state index contributed by atoms with van der Waals surface area (Å²) in [6.07, 6.45) is 9.65. The molecular formula is C32H50N8O5S2. The Bertz CT molecular complexity index is 1790. The predicted molar refractivity (Wildman–Crippen MR) is 181 cm³/mol. The van der Waals surface area contributed by atoms with Crippen molar-refractivity contribution >= 4 is 26.0 Å². The van der Waals surface area contributed by atoms with E-state index in [-0.39, 0.29) is 27.6 Å². The number of primary sulfonamides is 1. The summed E-state index contributed by atoms with van der Waals surface area (Å²) >= 11 is 0. The Hall–Kier alpha value is -3.11. The maximum absolute atomic E-state index is 12.8. The van der Waals surface area contributed by atoms with Gasteiger partial charge in [0.1, 0.15) is 0 Å². The fourth-order valence-electron chi connectivity index (χ4n) is 6.82. The number of nitrogens with one attached hydrogen (secondary N) is 1. The zero-order valence-electron chi connectivity index (χ0n) is 28.9. The summed E-state index contributed by atoms with van der Waals surface area (Å²) < 4.78 is 53.4. The first-order valence-electron chi connectivity index (χ1n) is 15.9. The van der Waals surface area contributed by atoms with E-state index in [0.29, 0.717) is 6.54 Å². The molecule has 0 fully saturated rings. The molecule has 0 saturated carbocycles. The molecule has 2 aliphatic rings. The van der Waals surface area contributed by atoms with Crippen LogP contribution in [0.1, 0.15) is 68.4 Å². The lowest BCUT2D eigenvalue weighted by atomic mass is 9.92. The third-order valence-electron chi connectivity index (χ3n) is 8.53. The van der Waals surface area contributed by atoms with Gasteiger partial charge in [-0.15, -0.1) is 0 Å². The largest absolute Gasteiger partial charge is 0.307 e. The van der Waals surface area contributed by atoms with Crippen molar-refractivity contribution < 1.29 is 21.6 Å². The smallest absolute Gasteiger partial charge is 0.283 e. The number of hydrogen-bond acceptors (Lipinski definition) is 9.